The molecule has 3 aliphatic carbocycles. The van der Waals surface area contributed by atoms with Gasteiger partial charge >= 0.3 is 0 Å². The zero-order valence-electron chi connectivity index (χ0n) is 16.6. The van der Waals surface area contributed by atoms with E-state index in [9.17, 15) is 34.5 Å². The Morgan fingerprint density at radius 1 is 1.20 bits per heavy atom. The van der Waals surface area contributed by atoms with Crippen LogP contribution in [0.3, 0.4) is 0 Å². The molecule has 9 heteroatoms. The molecule has 160 valence electrons. The van der Waals surface area contributed by atoms with E-state index in [1.54, 1.807) is 31.1 Å². The van der Waals surface area contributed by atoms with Crippen LogP contribution in [0.5, 0.6) is 5.75 Å². The molecule has 30 heavy (non-hydrogen) atoms. The van der Waals surface area contributed by atoms with Crippen LogP contribution in [-0.4, -0.2) is 75.3 Å². The highest BCUT2D eigenvalue weighted by Crippen LogP contribution is 2.51. The summed E-state index contributed by atoms with van der Waals surface area (Å²) in [6.07, 6.45) is -1.07. The van der Waals surface area contributed by atoms with Crippen LogP contribution in [0.2, 0.25) is 0 Å². The number of ketones is 3. The zero-order valence-corrected chi connectivity index (χ0v) is 16.6. The van der Waals surface area contributed by atoms with E-state index in [1.807, 2.05) is 0 Å². The van der Waals surface area contributed by atoms with Gasteiger partial charge in [0, 0.05) is 12.0 Å². The fourth-order valence-corrected chi connectivity index (χ4v) is 5.76. The van der Waals surface area contributed by atoms with Gasteiger partial charge in [0.25, 0.3) is 0 Å². The van der Waals surface area contributed by atoms with Gasteiger partial charge < -0.3 is 26.0 Å². The number of hydrogen-bond acceptors (Lipinski definition) is 8. The molecule has 0 spiro atoms. The van der Waals surface area contributed by atoms with Gasteiger partial charge in [-0.15, -0.1) is 0 Å². The minimum atomic E-state index is -2.62. The van der Waals surface area contributed by atoms with Crippen molar-refractivity contribution < 1.29 is 34.5 Å². The van der Waals surface area contributed by atoms with Crippen LogP contribution in [-0.2, 0) is 20.8 Å². The number of likely N-dealkylation sites (N-methyl/N-ethyl adjacent to an activating group) is 1. The summed E-state index contributed by atoms with van der Waals surface area (Å²) >= 11 is 0. The Hall–Kier alpha value is -2.62. The lowest BCUT2D eigenvalue weighted by Crippen LogP contribution is -2.75. The number of aromatic hydroxyl groups is 1. The highest BCUT2D eigenvalue weighted by atomic mass is 16.3. The van der Waals surface area contributed by atoms with E-state index in [1.165, 1.54) is 6.07 Å². The molecule has 0 saturated heterocycles. The first-order valence-corrected chi connectivity index (χ1v) is 9.81. The molecule has 0 aromatic heterocycles. The van der Waals surface area contributed by atoms with Crippen molar-refractivity contribution in [3.63, 3.8) is 0 Å². The maximum absolute atomic E-state index is 13.5. The number of benzene rings is 1. The van der Waals surface area contributed by atoms with E-state index in [-0.39, 0.29) is 17.7 Å². The molecule has 0 aliphatic heterocycles. The average molecular weight is 416 g/mol. The molecule has 0 heterocycles. The number of carbonyl (C=O) groups is 4. The molecule has 3 aliphatic rings. The number of nitrogens with two attached hydrogens (primary N) is 1. The largest absolute Gasteiger partial charge is 0.507 e. The fourth-order valence-electron chi connectivity index (χ4n) is 5.76. The van der Waals surface area contributed by atoms with Crippen LogP contribution < -0.4 is 5.73 Å². The Bertz CT molecular complexity index is 974. The maximum atomic E-state index is 13.5. The van der Waals surface area contributed by atoms with Gasteiger partial charge in [-0.3, -0.25) is 19.2 Å². The summed E-state index contributed by atoms with van der Waals surface area (Å²) in [6, 6.07) is 3.75. The molecule has 0 radical (unpaired) electrons. The van der Waals surface area contributed by atoms with E-state index in [0.717, 1.165) is 0 Å². The number of aliphatic hydroxyl groups excluding tert-OH is 1. The van der Waals surface area contributed by atoms with Crippen molar-refractivity contribution >= 4 is 23.3 Å². The quantitative estimate of drug-likeness (QED) is 0.431. The molecule has 2 fully saturated rings. The number of carbonyl (C=O) groups excluding carboxylic acids is 4. The molecule has 2 saturated carbocycles. The van der Waals surface area contributed by atoms with E-state index < -0.39 is 64.7 Å². The molecule has 5 N–H and O–H groups in total. The van der Waals surface area contributed by atoms with E-state index in [4.69, 9.17) is 5.73 Å². The van der Waals surface area contributed by atoms with Crippen molar-refractivity contribution in [3.05, 3.63) is 29.3 Å². The molecule has 7 atom stereocenters. The molecule has 1 aromatic rings. The van der Waals surface area contributed by atoms with Gasteiger partial charge in [-0.2, -0.15) is 0 Å². The van der Waals surface area contributed by atoms with Crippen LogP contribution >= 0.6 is 0 Å². The van der Waals surface area contributed by atoms with Crippen molar-refractivity contribution in [1.29, 1.82) is 0 Å². The SMILES string of the molecule is CN(C)[C@@H]1C(O)C(C(N)=O)C(=O)[C@@]2(O)C(=O)C3C(=O)c4c(O)cccc4CC3CC12. The third kappa shape index (κ3) is 2.52. The smallest absolute Gasteiger partial charge is 0.230 e. The number of fused-ring (bicyclic) bond motifs is 3. The monoisotopic (exact) mass is 416 g/mol. The normalized spacial score (nSPS) is 38.1. The number of Topliss-reactive ketones (excluding diaryl/α,β-unsaturated/α-hetero) is 3. The van der Waals surface area contributed by atoms with Gasteiger partial charge in [0.2, 0.25) is 5.91 Å². The molecule has 1 amide bonds. The second-order valence-electron chi connectivity index (χ2n) is 8.78. The predicted octanol–water partition coefficient (Wildman–Crippen LogP) is -1.34. The van der Waals surface area contributed by atoms with Crippen LogP contribution in [0.15, 0.2) is 18.2 Å². The number of rotatable bonds is 2. The Labute approximate surface area is 172 Å². The Morgan fingerprint density at radius 3 is 2.47 bits per heavy atom. The summed E-state index contributed by atoms with van der Waals surface area (Å²) in [6.45, 7) is 0. The van der Waals surface area contributed by atoms with Crippen LogP contribution in [0.4, 0.5) is 0 Å². The predicted molar refractivity (Wildman–Crippen MR) is 102 cm³/mol. The van der Waals surface area contributed by atoms with Crippen molar-refractivity contribution in [2.75, 3.05) is 14.1 Å². The second kappa shape index (κ2) is 6.69. The van der Waals surface area contributed by atoms with Crippen LogP contribution in [0.1, 0.15) is 22.3 Å². The Balaban J connectivity index is 1.86. The number of phenolic OH excluding ortho intramolecular Hbond substituents is 1. The number of primary amides is 1. The zero-order chi connectivity index (χ0) is 22.1. The summed E-state index contributed by atoms with van der Waals surface area (Å²) in [5.74, 6) is -8.79. The second-order valence-corrected chi connectivity index (χ2v) is 8.78. The summed E-state index contributed by atoms with van der Waals surface area (Å²) in [5, 5.41) is 32.3. The van der Waals surface area contributed by atoms with E-state index in [2.05, 4.69) is 0 Å². The molecule has 5 unspecified atom stereocenters. The van der Waals surface area contributed by atoms with Gasteiger partial charge in [-0.05, 0) is 44.5 Å². The number of amides is 1. The highest BCUT2D eigenvalue weighted by Gasteiger charge is 2.69. The summed E-state index contributed by atoms with van der Waals surface area (Å²) in [7, 11) is 3.22. The minimum absolute atomic E-state index is 0.0213. The first-order valence-electron chi connectivity index (χ1n) is 9.81. The third-order valence-electron chi connectivity index (χ3n) is 7.03. The van der Waals surface area contributed by atoms with Gasteiger partial charge in [-0.1, -0.05) is 12.1 Å². The van der Waals surface area contributed by atoms with Crippen LogP contribution in [0, 0.1) is 23.7 Å². The minimum Gasteiger partial charge on any atom is -0.507 e. The van der Waals surface area contributed by atoms with E-state index >= 15 is 0 Å². The van der Waals surface area contributed by atoms with Crippen molar-refractivity contribution in [1.82, 2.24) is 4.90 Å². The van der Waals surface area contributed by atoms with Gasteiger partial charge in [0.1, 0.15) is 11.7 Å². The molecule has 1 aromatic carbocycles. The van der Waals surface area contributed by atoms with Gasteiger partial charge in [0.15, 0.2) is 23.0 Å². The number of nitrogens with zero attached hydrogens (tertiary/aromatic N) is 1. The molecule has 4 rings (SSSR count). The molecular weight excluding hydrogens is 392 g/mol. The summed E-state index contributed by atoms with van der Waals surface area (Å²) in [5.41, 5.74) is 3.32. The van der Waals surface area contributed by atoms with Crippen molar-refractivity contribution in [3.8, 4) is 5.75 Å². The maximum Gasteiger partial charge on any atom is 0.230 e. The van der Waals surface area contributed by atoms with Crippen molar-refractivity contribution in [2.45, 2.75) is 30.6 Å². The standard InChI is InChI=1S/C21H24N2O7/c1-23(2)15-10-7-9-6-8-4-3-5-11(24)12(8)16(25)13(9)18(27)21(10,30)19(28)14(17(15)26)20(22)29/h3-5,9-10,13-15,17,24,26,30H,6-7H2,1-2H3,(H2,22,29)/t9?,10?,13?,14?,15-,17?,21-/m0/s1. The molecule has 0 bridgehead atoms. The fraction of sp³-hybridized carbons (Fsp3) is 0.524. The summed E-state index contributed by atoms with van der Waals surface area (Å²) in [4.78, 5) is 53.2. The van der Waals surface area contributed by atoms with Gasteiger partial charge in [0.05, 0.1) is 17.6 Å². The lowest BCUT2D eigenvalue weighted by molar-refractivity contribution is -0.190. The highest BCUT2D eigenvalue weighted by molar-refractivity contribution is 6.25. The van der Waals surface area contributed by atoms with Crippen LogP contribution in [0.25, 0.3) is 0 Å². The lowest BCUT2D eigenvalue weighted by atomic mass is 9.52. The first-order chi connectivity index (χ1) is 14.0. The van der Waals surface area contributed by atoms with Crippen molar-refractivity contribution in [2.24, 2.45) is 29.4 Å². The van der Waals surface area contributed by atoms with Gasteiger partial charge in [-0.25, -0.2) is 0 Å². The number of phenols is 1. The third-order valence-corrected chi connectivity index (χ3v) is 7.03. The number of hydrogen-bond donors (Lipinski definition) is 4. The number of aliphatic hydroxyl groups is 2. The molecule has 9 nitrogen and oxygen atoms in total. The lowest BCUT2D eigenvalue weighted by Gasteiger charge is -2.54. The Kier molecular flexibility index (Phi) is 4.61. The summed E-state index contributed by atoms with van der Waals surface area (Å²) < 4.78 is 0. The first kappa shape index (κ1) is 20.6. The molecular formula is C21H24N2O7. The topological polar surface area (TPSA) is 158 Å². The average Bonchev–Trinajstić information content (AvgIpc) is 2.64. The Morgan fingerprint density at radius 2 is 1.87 bits per heavy atom. The van der Waals surface area contributed by atoms with E-state index in [0.29, 0.717) is 12.0 Å².